The first-order valence-electron chi connectivity index (χ1n) is 29.8. The molecule has 0 aliphatic rings. The second-order valence-corrected chi connectivity index (χ2v) is 24.5. The molecule has 13 aromatic rings. The van der Waals surface area contributed by atoms with Crippen LogP contribution in [0.15, 0.2) is 166 Å². The van der Waals surface area contributed by atoms with Crippen molar-refractivity contribution in [2.24, 2.45) is 7.05 Å². The molecule has 0 spiro atoms. The van der Waals surface area contributed by atoms with Gasteiger partial charge >= 0.3 is 5.76 Å². The van der Waals surface area contributed by atoms with E-state index in [1.807, 2.05) is 48.5 Å². The Balaban J connectivity index is 0.760. The molecule has 6 aromatic heterocycles. The van der Waals surface area contributed by atoms with Gasteiger partial charge in [-0.2, -0.15) is 0 Å². The van der Waals surface area contributed by atoms with Crippen molar-refractivity contribution in [1.29, 1.82) is 0 Å². The summed E-state index contributed by atoms with van der Waals surface area (Å²) in [7, 11) is 4.96. The average Bonchev–Trinajstić information content (AvgIpc) is 1.84. The number of hydrogen-bond acceptors (Lipinski definition) is 10. The first-order chi connectivity index (χ1) is 42.8. The minimum Gasteiger partial charge on any atom is -0.355 e. The summed E-state index contributed by atoms with van der Waals surface area (Å²) in [5.41, 5.74) is 22.5. The van der Waals surface area contributed by atoms with Crippen LogP contribution in [-0.2, 0) is 39.5 Å². The third-order valence-corrected chi connectivity index (χ3v) is 18.9. The topological polar surface area (TPSA) is 160 Å². The lowest BCUT2D eigenvalue weighted by Gasteiger charge is -2.15. The van der Waals surface area contributed by atoms with Crippen molar-refractivity contribution >= 4 is 67.6 Å². The number of benzene rings is 7. The number of aryl methyl sites for hydroxylation is 9. The highest BCUT2D eigenvalue weighted by atomic mass is 32.1. The van der Waals surface area contributed by atoms with E-state index in [0.29, 0.717) is 17.0 Å². The molecule has 440 valence electrons. The van der Waals surface area contributed by atoms with Crippen LogP contribution in [0, 0.1) is 27.7 Å². The lowest BCUT2D eigenvalue weighted by molar-refractivity contribution is 0.0955. The van der Waals surface area contributed by atoms with Gasteiger partial charge < -0.3 is 24.3 Å². The molecule has 7 aromatic carbocycles. The van der Waals surface area contributed by atoms with E-state index in [1.54, 1.807) is 43.8 Å². The molecule has 6 heterocycles. The Morgan fingerprint density at radius 2 is 1.02 bits per heavy atom. The van der Waals surface area contributed by atoms with E-state index in [9.17, 15) is 14.4 Å². The second kappa shape index (κ2) is 23.8. The monoisotopic (exact) mass is 1200 g/mol. The molecule has 0 aliphatic carbocycles. The van der Waals surface area contributed by atoms with E-state index in [-0.39, 0.29) is 11.8 Å². The number of fused-ring (bicyclic) bond motifs is 3. The summed E-state index contributed by atoms with van der Waals surface area (Å²) in [5, 5.41) is 13.9. The van der Waals surface area contributed by atoms with Crippen LogP contribution in [0.2, 0.25) is 0 Å². The lowest BCUT2D eigenvalue weighted by atomic mass is 9.94. The van der Waals surface area contributed by atoms with Crippen molar-refractivity contribution in [3.8, 4) is 77.6 Å². The number of carbonyl (C=O) groups is 2. The highest BCUT2D eigenvalue weighted by Gasteiger charge is 2.24. The molecular formula is C72H66N10O4S2. The van der Waals surface area contributed by atoms with E-state index < -0.39 is 5.76 Å². The molecule has 0 fully saturated rings. The largest absolute Gasteiger partial charge is 0.441 e. The molecule has 14 nitrogen and oxygen atoms in total. The van der Waals surface area contributed by atoms with Crippen LogP contribution < -0.4 is 16.4 Å². The quantitative estimate of drug-likeness (QED) is 0.0859. The number of thiophene rings is 2. The molecule has 2 amide bonds. The summed E-state index contributed by atoms with van der Waals surface area (Å²) in [5.74, 6) is 2.31. The second-order valence-electron chi connectivity index (χ2n) is 22.7. The fourth-order valence-electron chi connectivity index (χ4n) is 12.6. The number of imidazole rings is 3. The van der Waals surface area contributed by atoms with Gasteiger partial charge in [-0.05, 0) is 188 Å². The number of nitrogens with zero attached hydrogens (tertiary/aromatic N) is 8. The first kappa shape index (κ1) is 57.3. The number of hydrogen-bond donors (Lipinski definition) is 2. The van der Waals surface area contributed by atoms with Gasteiger partial charge in [-0.25, -0.2) is 19.7 Å². The van der Waals surface area contributed by atoms with E-state index in [2.05, 4.69) is 172 Å². The van der Waals surface area contributed by atoms with Crippen LogP contribution in [0.1, 0.15) is 73.9 Å². The molecule has 0 saturated carbocycles. The molecule has 16 heteroatoms. The Kier molecular flexibility index (Phi) is 15.5. The van der Waals surface area contributed by atoms with E-state index in [0.717, 1.165) is 139 Å². The predicted molar refractivity (Wildman–Crippen MR) is 356 cm³/mol. The standard InChI is InChI=1S/C72H66N10O4S2/c1-9-80-61-28-22-49(70(83)73-6)40-59(61)77-69(80)65-55(30-34-88-65)52-25-19-46(37-44(52)4)14-13-33-82-63-29-23-50(71(84)74-7)41-60(63)76-68(82)57-31-35-87-64(57)53-26-20-47(38-45(53)5)15-12-32-81-62-27-21-48(66-78-86-72(85)79(66)8)39-58(62)75-67(81)56-17-11-10-16-54(56)51-24-18-42(2)36-43(51)3/h10-11,16-31,34-41H,9,12-15,32-33H2,1-8H3,(H,73,83)(H,74,84). The van der Waals surface area contributed by atoms with Crippen LogP contribution in [0.25, 0.3) is 111 Å². The van der Waals surface area contributed by atoms with Gasteiger partial charge in [0.1, 0.15) is 11.6 Å². The van der Waals surface area contributed by atoms with Gasteiger partial charge in [-0.15, -0.1) is 22.7 Å². The minimum absolute atomic E-state index is 0.131. The molecule has 0 radical (unpaired) electrons. The van der Waals surface area contributed by atoms with Gasteiger partial charge in [-0.1, -0.05) is 89.6 Å². The molecule has 2 N–H and O–H groups in total. The van der Waals surface area contributed by atoms with Gasteiger partial charge in [0.05, 0.1) is 38.0 Å². The fraction of sp³-hybridized carbons (Fsp3) is 0.208. The normalized spacial score (nSPS) is 11.6. The van der Waals surface area contributed by atoms with Crippen LogP contribution in [0.3, 0.4) is 0 Å². The fourth-order valence-corrected chi connectivity index (χ4v) is 14.5. The maximum atomic E-state index is 13.0. The molecule has 0 bridgehead atoms. The Morgan fingerprint density at radius 3 is 1.61 bits per heavy atom. The predicted octanol–water partition coefficient (Wildman–Crippen LogP) is 15.5. The summed E-state index contributed by atoms with van der Waals surface area (Å²) in [6.07, 6.45) is 3.44. The molecule has 0 atom stereocenters. The van der Waals surface area contributed by atoms with E-state index in [4.69, 9.17) is 19.5 Å². The zero-order chi connectivity index (χ0) is 60.9. The number of amides is 2. The highest BCUT2D eigenvalue weighted by molar-refractivity contribution is 7.14. The first-order valence-corrected chi connectivity index (χ1v) is 31.6. The summed E-state index contributed by atoms with van der Waals surface area (Å²) in [4.78, 5) is 55.8. The van der Waals surface area contributed by atoms with Gasteiger partial charge in [0.2, 0.25) is 0 Å². The zero-order valence-electron chi connectivity index (χ0n) is 50.5. The Hall–Kier alpha value is -9.77. The van der Waals surface area contributed by atoms with Crippen LogP contribution in [-0.4, -0.2) is 64.3 Å². The number of nitrogens with one attached hydrogen (secondary N) is 2. The lowest BCUT2D eigenvalue weighted by Crippen LogP contribution is -2.17. The van der Waals surface area contributed by atoms with Gasteiger partial charge in [0.25, 0.3) is 11.8 Å². The van der Waals surface area contributed by atoms with Crippen LogP contribution >= 0.6 is 22.7 Å². The molecular weight excluding hydrogens is 1130 g/mol. The summed E-state index contributed by atoms with van der Waals surface area (Å²) >= 11 is 3.41. The van der Waals surface area contributed by atoms with E-state index >= 15 is 0 Å². The van der Waals surface area contributed by atoms with Crippen LogP contribution in [0.5, 0.6) is 0 Å². The van der Waals surface area contributed by atoms with Crippen molar-refractivity contribution in [2.45, 2.75) is 79.9 Å². The van der Waals surface area contributed by atoms with Crippen molar-refractivity contribution < 1.29 is 14.1 Å². The Morgan fingerprint density at radius 1 is 0.500 bits per heavy atom. The zero-order valence-corrected chi connectivity index (χ0v) is 52.1. The summed E-state index contributed by atoms with van der Waals surface area (Å²) in [6.45, 7) is 13.0. The smallest absolute Gasteiger partial charge is 0.355 e. The maximum absolute atomic E-state index is 13.0. The number of rotatable bonds is 18. The molecule has 0 saturated heterocycles. The number of carbonyl (C=O) groups excluding carboxylic acids is 2. The highest BCUT2D eigenvalue weighted by Crippen LogP contribution is 2.43. The SMILES string of the molecule is CCn1c(-c2sccc2-c2ccc(CCCn3c(-c4ccsc4-c4ccc(CCCn5c(-c6ccccc6-c6ccc(C)cc6C)nc6cc(-c7noc(=O)n7C)ccc65)cc4C)nc4cc(C(=O)NC)ccc43)cc2C)nc2cc(C(=O)NC)ccc21. The van der Waals surface area contributed by atoms with Crippen LogP contribution in [0.4, 0.5) is 0 Å². The van der Waals surface area contributed by atoms with Gasteiger partial charge in [0, 0.05) is 79.0 Å². The number of aromatic nitrogens is 8. The third kappa shape index (κ3) is 10.5. The maximum Gasteiger partial charge on any atom is 0.441 e. The molecule has 0 unspecified atom stereocenters. The average molecular weight is 1200 g/mol. The van der Waals surface area contributed by atoms with Crippen molar-refractivity contribution in [2.75, 3.05) is 14.1 Å². The van der Waals surface area contributed by atoms with Crippen molar-refractivity contribution in [3.63, 3.8) is 0 Å². The Bertz CT molecular complexity index is 4930. The molecule has 13 rings (SSSR count). The summed E-state index contributed by atoms with van der Waals surface area (Å²) < 4.78 is 13.3. The minimum atomic E-state index is -0.516. The van der Waals surface area contributed by atoms with Crippen molar-refractivity contribution in [1.82, 2.24) is 49.0 Å². The van der Waals surface area contributed by atoms with Gasteiger partial charge in [0.15, 0.2) is 11.6 Å². The van der Waals surface area contributed by atoms with E-state index in [1.165, 1.54) is 49.1 Å². The Labute approximate surface area is 517 Å². The molecule has 88 heavy (non-hydrogen) atoms. The van der Waals surface area contributed by atoms with Crippen molar-refractivity contribution in [3.05, 3.63) is 211 Å². The third-order valence-electron chi connectivity index (χ3n) is 17.0. The van der Waals surface area contributed by atoms with Gasteiger partial charge in [-0.3, -0.25) is 18.7 Å². The summed E-state index contributed by atoms with van der Waals surface area (Å²) in [6, 6.07) is 50.8. The molecule has 0 aliphatic heterocycles.